The molecule has 0 aliphatic rings. The first-order valence-corrected chi connectivity index (χ1v) is 6.73. The van der Waals surface area contributed by atoms with Gasteiger partial charge in [0.05, 0.1) is 13.0 Å². The monoisotopic (exact) mass is 244 g/mol. The topological polar surface area (TPSA) is 64.3 Å². The summed E-state index contributed by atoms with van der Waals surface area (Å²) in [6.07, 6.45) is 5.06. The minimum absolute atomic E-state index is 0.113. The third kappa shape index (κ3) is 13.3. The maximum atomic E-state index is 11.3. The number of hydrogen-bond donors (Lipinski definition) is 2. The van der Waals surface area contributed by atoms with Gasteiger partial charge < -0.3 is 15.8 Å². The molecule has 0 atom stereocenters. The second kappa shape index (κ2) is 11.9. The summed E-state index contributed by atoms with van der Waals surface area (Å²) in [4.78, 5) is 11.3. The number of unbranched alkanes of at least 4 members (excludes halogenated alkanes) is 2. The molecule has 17 heavy (non-hydrogen) atoms. The molecule has 0 aromatic carbocycles. The van der Waals surface area contributed by atoms with E-state index in [1.165, 1.54) is 12.8 Å². The van der Waals surface area contributed by atoms with Crippen LogP contribution in [0.3, 0.4) is 0 Å². The Kier molecular flexibility index (Phi) is 11.4. The summed E-state index contributed by atoms with van der Waals surface area (Å²) < 4.78 is 5.12. The molecule has 0 radical (unpaired) electrons. The van der Waals surface area contributed by atoms with Crippen molar-refractivity contribution < 1.29 is 9.53 Å². The van der Waals surface area contributed by atoms with E-state index in [4.69, 9.17) is 10.5 Å². The fourth-order valence-electron chi connectivity index (χ4n) is 1.51. The number of carbonyl (C=O) groups is 1. The summed E-state index contributed by atoms with van der Waals surface area (Å²) in [5, 5.41) is 3.06. The summed E-state index contributed by atoms with van der Waals surface area (Å²) in [6.45, 7) is 7.04. The van der Waals surface area contributed by atoms with Crippen molar-refractivity contribution in [2.45, 2.75) is 46.0 Å². The molecule has 0 aromatic heterocycles. The van der Waals surface area contributed by atoms with E-state index in [-0.39, 0.29) is 5.97 Å². The van der Waals surface area contributed by atoms with Crippen molar-refractivity contribution in [3.63, 3.8) is 0 Å². The first-order valence-electron chi connectivity index (χ1n) is 6.73. The van der Waals surface area contributed by atoms with Gasteiger partial charge in [-0.25, -0.2) is 0 Å². The first kappa shape index (κ1) is 16.4. The predicted molar refractivity (Wildman–Crippen MR) is 70.8 cm³/mol. The zero-order valence-corrected chi connectivity index (χ0v) is 11.3. The van der Waals surface area contributed by atoms with Gasteiger partial charge in [-0.2, -0.15) is 0 Å². The van der Waals surface area contributed by atoms with Crippen LogP contribution in [0.5, 0.6) is 0 Å². The predicted octanol–water partition coefficient (Wildman–Crippen LogP) is 1.68. The molecule has 0 bridgehead atoms. The lowest BCUT2D eigenvalue weighted by atomic mass is 10.1. The minimum atomic E-state index is -0.113. The highest BCUT2D eigenvalue weighted by Gasteiger charge is 2.01. The van der Waals surface area contributed by atoms with E-state index in [2.05, 4.69) is 19.2 Å². The number of nitrogens with one attached hydrogen (secondary N) is 1. The van der Waals surface area contributed by atoms with Gasteiger partial charge in [-0.05, 0) is 12.3 Å². The molecular weight excluding hydrogens is 216 g/mol. The van der Waals surface area contributed by atoms with Crippen molar-refractivity contribution in [3.8, 4) is 0 Å². The van der Waals surface area contributed by atoms with Crippen LogP contribution in [0.25, 0.3) is 0 Å². The zero-order chi connectivity index (χ0) is 12.9. The maximum absolute atomic E-state index is 11.3. The summed E-state index contributed by atoms with van der Waals surface area (Å²) in [6, 6.07) is 0. The molecule has 0 saturated heterocycles. The van der Waals surface area contributed by atoms with Crippen molar-refractivity contribution >= 4 is 5.97 Å². The van der Waals surface area contributed by atoms with Gasteiger partial charge in [-0.3, -0.25) is 4.79 Å². The molecular formula is C13H28N2O2. The summed E-state index contributed by atoms with van der Waals surface area (Å²) >= 11 is 0. The van der Waals surface area contributed by atoms with Gasteiger partial charge in [0.2, 0.25) is 0 Å². The largest absolute Gasteiger partial charge is 0.466 e. The van der Waals surface area contributed by atoms with Crippen molar-refractivity contribution in [2.24, 2.45) is 11.7 Å². The van der Waals surface area contributed by atoms with Crippen LogP contribution in [-0.2, 0) is 9.53 Å². The molecule has 0 unspecified atom stereocenters. The Morgan fingerprint density at radius 1 is 1.24 bits per heavy atom. The van der Waals surface area contributed by atoms with Crippen LogP contribution in [0.2, 0.25) is 0 Å². The molecule has 4 heteroatoms. The molecule has 0 fully saturated rings. The van der Waals surface area contributed by atoms with Gasteiger partial charge in [-0.15, -0.1) is 0 Å². The Balaban J connectivity index is 3.16. The standard InChI is InChI=1S/C13H28N2O2/c1-12(2)6-4-3-5-11-17-13(16)7-9-15-10-8-14/h12,15H,3-11,14H2,1-2H3. The Labute approximate surface area is 105 Å². The lowest BCUT2D eigenvalue weighted by Crippen LogP contribution is -2.25. The van der Waals surface area contributed by atoms with Crippen LogP contribution in [0.1, 0.15) is 46.0 Å². The third-order valence-electron chi connectivity index (χ3n) is 2.52. The minimum Gasteiger partial charge on any atom is -0.466 e. The fraction of sp³-hybridized carbons (Fsp3) is 0.923. The number of ether oxygens (including phenoxy) is 1. The summed E-state index contributed by atoms with van der Waals surface area (Å²) in [5.74, 6) is 0.657. The lowest BCUT2D eigenvalue weighted by molar-refractivity contribution is -0.143. The normalized spacial score (nSPS) is 10.8. The molecule has 0 aromatic rings. The molecule has 4 nitrogen and oxygen atoms in total. The summed E-state index contributed by atoms with van der Waals surface area (Å²) in [5.41, 5.74) is 5.31. The second-order valence-corrected chi connectivity index (χ2v) is 4.75. The average molecular weight is 244 g/mol. The Morgan fingerprint density at radius 2 is 2.00 bits per heavy atom. The Hall–Kier alpha value is -0.610. The van der Waals surface area contributed by atoms with Gasteiger partial charge >= 0.3 is 5.97 Å². The van der Waals surface area contributed by atoms with Crippen LogP contribution in [0.15, 0.2) is 0 Å². The van der Waals surface area contributed by atoms with E-state index < -0.39 is 0 Å². The van der Waals surface area contributed by atoms with E-state index >= 15 is 0 Å². The number of carbonyl (C=O) groups excluding carboxylic acids is 1. The number of hydrogen-bond acceptors (Lipinski definition) is 4. The van der Waals surface area contributed by atoms with E-state index in [1.54, 1.807) is 0 Å². The van der Waals surface area contributed by atoms with E-state index in [9.17, 15) is 4.79 Å². The maximum Gasteiger partial charge on any atom is 0.307 e. The van der Waals surface area contributed by atoms with Gasteiger partial charge in [0.15, 0.2) is 0 Å². The quantitative estimate of drug-likeness (QED) is 0.429. The highest BCUT2D eigenvalue weighted by Crippen LogP contribution is 2.07. The molecule has 3 N–H and O–H groups in total. The number of nitrogens with two attached hydrogens (primary N) is 1. The first-order chi connectivity index (χ1) is 8.16. The third-order valence-corrected chi connectivity index (χ3v) is 2.52. The number of esters is 1. The molecule has 0 heterocycles. The average Bonchev–Trinajstić information content (AvgIpc) is 2.29. The van der Waals surface area contributed by atoms with Gasteiger partial charge in [-0.1, -0.05) is 33.1 Å². The molecule has 0 spiro atoms. The molecule has 102 valence electrons. The van der Waals surface area contributed by atoms with Crippen molar-refractivity contribution in [2.75, 3.05) is 26.2 Å². The van der Waals surface area contributed by atoms with Gasteiger partial charge in [0.1, 0.15) is 0 Å². The SMILES string of the molecule is CC(C)CCCCCOC(=O)CCNCCN. The number of rotatable bonds is 11. The van der Waals surface area contributed by atoms with Crippen LogP contribution in [0, 0.1) is 5.92 Å². The lowest BCUT2D eigenvalue weighted by Gasteiger charge is -2.06. The van der Waals surface area contributed by atoms with Crippen LogP contribution >= 0.6 is 0 Å². The molecule has 0 amide bonds. The highest BCUT2D eigenvalue weighted by molar-refractivity contribution is 5.69. The molecule has 0 saturated carbocycles. The molecule has 0 aliphatic heterocycles. The zero-order valence-electron chi connectivity index (χ0n) is 11.3. The molecule has 0 rings (SSSR count). The fourth-order valence-corrected chi connectivity index (χ4v) is 1.51. The highest BCUT2D eigenvalue weighted by atomic mass is 16.5. The Morgan fingerprint density at radius 3 is 2.65 bits per heavy atom. The van der Waals surface area contributed by atoms with Crippen LogP contribution < -0.4 is 11.1 Å². The van der Waals surface area contributed by atoms with E-state index in [0.717, 1.165) is 25.3 Å². The van der Waals surface area contributed by atoms with Gasteiger partial charge in [0.25, 0.3) is 0 Å². The second-order valence-electron chi connectivity index (χ2n) is 4.75. The van der Waals surface area contributed by atoms with Crippen molar-refractivity contribution in [1.29, 1.82) is 0 Å². The smallest absolute Gasteiger partial charge is 0.307 e. The van der Waals surface area contributed by atoms with E-state index in [1.807, 2.05) is 0 Å². The van der Waals surface area contributed by atoms with Crippen LogP contribution in [-0.4, -0.2) is 32.2 Å². The summed E-state index contributed by atoms with van der Waals surface area (Å²) in [7, 11) is 0. The molecule has 0 aliphatic carbocycles. The van der Waals surface area contributed by atoms with E-state index in [0.29, 0.717) is 26.1 Å². The Bertz CT molecular complexity index is 184. The van der Waals surface area contributed by atoms with Crippen molar-refractivity contribution in [3.05, 3.63) is 0 Å². The van der Waals surface area contributed by atoms with Crippen molar-refractivity contribution in [1.82, 2.24) is 5.32 Å². The van der Waals surface area contributed by atoms with Gasteiger partial charge in [0, 0.05) is 19.6 Å². The van der Waals surface area contributed by atoms with Crippen LogP contribution in [0.4, 0.5) is 0 Å².